The number of anilines is 2. The first kappa shape index (κ1) is 48.3. The van der Waals surface area contributed by atoms with Gasteiger partial charge in [0.05, 0.1) is 28.9 Å². The third-order valence-electron chi connectivity index (χ3n) is 11.3. The van der Waals surface area contributed by atoms with Gasteiger partial charge in [-0.25, -0.2) is 0 Å². The molecule has 340 valence electrons. The predicted octanol–water partition coefficient (Wildman–Crippen LogP) is 11.5. The number of amides is 2. The lowest BCUT2D eigenvalue weighted by Crippen LogP contribution is -2.40. The summed E-state index contributed by atoms with van der Waals surface area (Å²) in [6.07, 6.45) is -3.74. The highest BCUT2D eigenvalue weighted by molar-refractivity contribution is 6.34. The fourth-order valence-electron chi connectivity index (χ4n) is 7.57. The zero-order chi connectivity index (χ0) is 46.7. The molecule has 0 aliphatic heterocycles. The molecule has 6 aromatic carbocycles. The van der Waals surface area contributed by atoms with Gasteiger partial charge in [-0.2, -0.15) is 26.3 Å². The van der Waals surface area contributed by atoms with E-state index in [9.17, 15) is 35.9 Å². The lowest BCUT2D eigenvalue weighted by Gasteiger charge is -2.28. The van der Waals surface area contributed by atoms with Gasteiger partial charge in [-0.15, -0.1) is 0 Å². The van der Waals surface area contributed by atoms with E-state index in [1.54, 1.807) is 47.4 Å². The minimum absolute atomic E-state index is 0.164. The highest BCUT2D eigenvalue weighted by Gasteiger charge is 2.32. The van der Waals surface area contributed by atoms with Gasteiger partial charge in [0.15, 0.2) is 0 Å². The summed E-state index contributed by atoms with van der Waals surface area (Å²) in [6.45, 7) is 0.487. The number of hydrogen-bond donors (Lipinski definition) is 2. The summed E-state index contributed by atoms with van der Waals surface area (Å²) in [6, 6.07) is 37.3. The monoisotopic (exact) mass is 914 g/mol. The molecule has 2 unspecified atom stereocenters. The molecule has 0 heterocycles. The lowest BCUT2D eigenvalue weighted by molar-refractivity contribution is -0.138. The Bertz CT molecular complexity index is 2500. The van der Waals surface area contributed by atoms with Gasteiger partial charge < -0.3 is 26.0 Å². The Hall–Kier alpha value is -6.15. The van der Waals surface area contributed by atoms with Gasteiger partial charge in [0.2, 0.25) is 11.8 Å². The molecule has 14 heteroatoms. The molecular formula is C51H49ClF6N4O3. The number of nitrogens with zero attached hydrogens (tertiary/aromatic N) is 2. The number of nitrogens with two attached hydrogens (primary N) is 2. The molecule has 4 N–H and O–H groups in total. The molecule has 1 aliphatic carbocycles. The summed E-state index contributed by atoms with van der Waals surface area (Å²) >= 11 is 6.38. The number of fused-ring (bicyclic) bond motifs is 1. The molecular weight excluding hydrogens is 866 g/mol. The maximum atomic E-state index is 13.5. The summed E-state index contributed by atoms with van der Waals surface area (Å²) in [5.74, 6) is -0.118. The molecule has 0 bridgehead atoms. The molecule has 0 aromatic heterocycles. The van der Waals surface area contributed by atoms with E-state index >= 15 is 0 Å². The summed E-state index contributed by atoms with van der Waals surface area (Å²) < 4.78 is 82.4. The van der Waals surface area contributed by atoms with Crippen LogP contribution in [0.1, 0.15) is 69.4 Å². The topological polar surface area (TPSA) is 102 Å². The van der Waals surface area contributed by atoms with Crippen molar-refractivity contribution >= 4 is 34.8 Å². The Morgan fingerprint density at radius 2 is 1.06 bits per heavy atom. The molecule has 7 nitrogen and oxygen atoms in total. The van der Waals surface area contributed by atoms with E-state index in [0.717, 1.165) is 60.3 Å². The summed E-state index contributed by atoms with van der Waals surface area (Å²) in [5, 5.41) is 0.326. The Labute approximate surface area is 379 Å². The molecule has 0 radical (unpaired) electrons. The Morgan fingerprint density at radius 3 is 1.54 bits per heavy atom. The van der Waals surface area contributed by atoms with Crippen LogP contribution in [-0.4, -0.2) is 32.0 Å². The van der Waals surface area contributed by atoms with Crippen molar-refractivity contribution in [3.63, 3.8) is 0 Å². The number of carbonyl (C=O) groups is 2. The first-order chi connectivity index (χ1) is 31.0. The van der Waals surface area contributed by atoms with Crippen molar-refractivity contribution in [1.82, 2.24) is 0 Å². The number of hydrogen-bond acceptors (Lipinski definition) is 5. The third kappa shape index (κ3) is 12.8. The van der Waals surface area contributed by atoms with E-state index in [1.165, 1.54) is 53.8 Å². The van der Waals surface area contributed by atoms with Crippen LogP contribution >= 0.6 is 11.6 Å². The first-order valence-corrected chi connectivity index (χ1v) is 21.4. The fraction of sp³-hybridized carbons (Fsp3) is 0.255. The molecule has 0 saturated carbocycles. The van der Waals surface area contributed by atoms with Gasteiger partial charge in [0, 0.05) is 24.8 Å². The second-order valence-electron chi connectivity index (χ2n) is 15.6. The SMILES string of the molecule is COc1ccc(Cl)c(N(CCc2ccc(C(F)(F)F)cc2)C(=O)C(N)c2ccccc2)c1.NC(C(=O)N(CCc1ccc(C(F)(F)F)cc1)c1ccc2c(c1)CCCC2)c1ccccc1. The van der Waals surface area contributed by atoms with E-state index in [0.29, 0.717) is 47.0 Å². The quantitative estimate of drug-likeness (QED) is 0.112. The van der Waals surface area contributed by atoms with E-state index in [2.05, 4.69) is 12.1 Å². The van der Waals surface area contributed by atoms with Crippen LogP contribution in [-0.2, 0) is 47.6 Å². The second-order valence-corrected chi connectivity index (χ2v) is 16.0. The van der Waals surface area contributed by atoms with Crippen LogP contribution in [0.3, 0.4) is 0 Å². The van der Waals surface area contributed by atoms with E-state index < -0.39 is 41.5 Å². The lowest BCUT2D eigenvalue weighted by atomic mass is 9.91. The molecule has 7 rings (SSSR count). The number of benzene rings is 6. The largest absolute Gasteiger partial charge is 0.497 e. The first-order valence-electron chi connectivity index (χ1n) is 21.0. The van der Waals surface area contributed by atoms with Crippen LogP contribution < -0.4 is 26.0 Å². The van der Waals surface area contributed by atoms with Crippen molar-refractivity contribution in [2.45, 2.75) is 63.0 Å². The highest BCUT2D eigenvalue weighted by atomic mass is 35.5. The fourth-order valence-corrected chi connectivity index (χ4v) is 7.79. The third-order valence-corrected chi connectivity index (χ3v) is 11.6. The molecule has 65 heavy (non-hydrogen) atoms. The number of carbonyl (C=O) groups excluding carboxylic acids is 2. The van der Waals surface area contributed by atoms with Gasteiger partial charge in [-0.3, -0.25) is 9.59 Å². The number of rotatable bonds is 13. The molecule has 0 saturated heterocycles. The van der Waals surface area contributed by atoms with E-state index in [4.69, 9.17) is 27.8 Å². The van der Waals surface area contributed by atoms with Gasteiger partial charge >= 0.3 is 12.4 Å². The average molecular weight is 915 g/mol. The molecule has 6 aromatic rings. The van der Waals surface area contributed by atoms with Crippen molar-refractivity contribution in [1.29, 1.82) is 0 Å². The minimum atomic E-state index is -4.41. The normalized spacial score (nSPS) is 13.4. The highest BCUT2D eigenvalue weighted by Crippen LogP contribution is 2.34. The van der Waals surface area contributed by atoms with E-state index in [1.807, 2.05) is 42.5 Å². The van der Waals surface area contributed by atoms with Crippen molar-refractivity contribution in [2.24, 2.45) is 11.5 Å². The summed E-state index contributed by atoms with van der Waals surface area (Å²) in [5.41, 5.74) is 17.7. The van der Waals surface area contributed by atoms with E-state index in [-0.39, 0.29) is 12.5 Å². The van der Waals surface area contributed by atoms with Crippen molar-refractivity contribution < 1.29 is 40.7 Å². The van der Waals surface area contributed by atoms with Crippen LogP contribution in [0, 0.1) is 0 Å². The molecule has 0 fully saturated rings. The number of aryl methyl sites for hydroxylation is 2. The van der Waals surface area contributed by atoms with Crippen LogP contribution in [0.2, 0.25) is 5.02 Å². The van der Waals surface area contributed by atoms with Crippen LogP contribution in [0.25, 0.3) is 0 Å². The zero-order valence-corrected chi connectivity index (χ0v) is 36.3. The maximum Gasteiger partial charge on any atom is 0.416 e. The predicted molar refractivity (Wildman–Crippen MR) is 243 cm³/mol. The maximum absolute atomic E-state index is 13.5. The molecule has 2 amide bonds. The molecule has 1 aliphatic rings. The standard InChI is InChI=1S/C27H27F3N2O.C24H22ClF3N2O2/c28-27(29,30)23-13-10-19(11-14-23)16-17-32(26(33)25(31)21-7-2-1-3-8-21)24-15-12-20-6-4-5-9-22(20)18-24;1-32-19-11-12-20(25)21(15-19)30(23(31)22(29)17-5-3-2-4-6-17)14-13-16-7-9-18(10-8-16)24(26,27)28/h1-3,7-8,10-15,18,25H,4-6,9,16-17,31H2;2-12,15,22H,13-14,29H2,1H3. The van der Waals surface area contributed by atoms with Crippen molar-refractivity contribution in [3.05, 3.63) is 195 Å². The van der Waals surface area contributed by atoms with Gasteiger partial charge in [-0.1, -0.05) is 103 Å². The summed E-state index contributed by atoms with van der Waals surface area (Å²) in [4.78, 5) is 29.9. The van der Waals surface area contributed by atoms with Crippen molar-refractivity contribution in [3.8, 4) is 5.75 Å². The number of ether oxygens (including phenoxy) is 1. The van der Waals surface area contributed by atoms with Gasteiger partial charge in [-0.05, 0) is 120 Å². The van der Waals surface area contributed by atoms with Crippen molar-refractivity contribution in [2.75, 3.05) is 30.0 Å². The zero-order valence-electron chi connectivity index (χ0n) is 35.6. The van der Waals surface area contributed by atoms with Gasteiger partial charge in [0.1, 0.15) is 17.8 Å². The summed E-state index contributed by atoms with van der Waals surface area (Å²) in [7, 11) is 1.50. The number of alkyl halides is 6. The average Bonchev–Trinajstić information content (AvgIpc) is 3.32. The smallest absolute Gasteiger partial charge is 0.416 e. The molecule has 2 atom stereocenters. The van der Waals surface area contributed by atoms with Crippen LogP contribution in [0.5, 0.6) is 5.75 Å². The Morgan fingerprint density at radius 1 is 0.600 bits per heavy atom. The number of methoxy groups -OCH3 is 1. The van der Waals surface area contributed by atoms with Crippen LogP contribution in [0.4, 0.5) is 37.7 Å². The van der Waals surface area contributed by atoms with Crippen LogP contribution in [0.15, 0.2) is 146 Å². The molecule has 0 spiro atoms. The second kappa shape index (κ2) is 21.7. The van der Waals surface area contributed by atoms with Gasteiger partial charge in [0.25, 0.3) is 0 Å². The Balaban J connectivity index is 0.000000216. The Kier molecular flexibility index (Phi) is 16.1. The minimum Gasteiger partial charge on any atom is -0.497 e. The number of halogens is 7.